The topological polar surface area (TPSA) is 26.3 Å². The molecule has 1 rings (SSSR count). The van der Waals surface area contributed by atoms with Gasteiger partial charge >= 0.3 is 0 Å². The summed E-state index contributed by atoms with van der Waals surface area (Å²) in [5, 5.41) is 0. The van der Waals surface area contributed by atoms with E-state index >= 15 is 0 Å². The Morgan fingerprint density at radius 2 is 1.95 bits per heavy atom. The fourth-order valence-electron chi connectivity index (χ4n) is 1.81. The molecule has 0 spiro atoms. The third kappa shape index (κ3) is 5.87. The molecule has 0 radical (unpaired) electrons. The largest absolute Gasteiger partial charge is 0.490 e. The van der Waals surface area contributed by atoms with Crippen LogP contribution in [0.25, 0.3) is 0 Å². The van der Waals surface area contributed by atoms with Crippen molar-refractivity contribution in [1.82, 2.24) is 0 Å². The Morgan fingerprint density at radius 3 is 2.60 bits per heavy atom. The molecule has 0 heterocycles. The van der Waals surface area contributed by atoms with Crippen LogP contribution in [0.5, 0.6) is 5.75 Å². The van der Waals surface area contributed by atoms with Crippen molar-refractivity contribution in [3.05, 3.63) is 52.6 Å². The summed E-state index contributed by atoms with van der Waals surface area (Å²) >= 11 is 0. The molecule has 0 atom stereocenters. The molecule has 2 nitrogen and oxygen atoms in total. The number of hydrogen-bond donors (Lipinski definition) is 0. The summed E-state index contributed by atoms with van der Waals surface area (Å²) in [7, 11) is 0. The van der Waals surface area contributed by atoms with E-state index in [0.717, 1.165) is 30.4 Å². The Hall–Kier alpha value is -1.83. The predicted molar refractivity (Wildman–Crippen MR) is 84.5 cm³/mol. The van der Waals surface area contributed by atoms with Crippen LogP contribution in [0.3, 0.4) is 0 Å². The van der Waals surface area contributed by atoms with Crippen molar-refractivity contribution in [1.29, 1.82) is 0 Å². The minimum absolute atomic E-state index is 0.544. The normalized spacial score (nSPS) is 11.1. The zero-order valence-corrected chi connectivity index (χ0v) is 12.9. The summed E-state index contributed by atoms with van der Waals surface area (Å²) in [6.07, 6.45) is 7.34. The monoisotopic (exact) mass is 272 g/mol. The van der Waals surface area contributed by atoms with E-state index in [4.69, 9.17) is 4.74 Å². The second-order valence-corrected chi connectivity index (χ2v) is 5.32. The Bertz CT molecular complexity index is 506. The van der Waals surface area contributed by atoms with Crippen LogP contribution in [0.15, 0.2) is 41.5 Å². The number of carbonyl (C=O) groups excluding carboxylic acids is 1. The van der Waals surface area contributed by atoms with Gasteiger partial charge in [-0.2, -0.15) is 0 Å². The highest BCUT2D eigenvalue weighted by Crippen LogP contribution is 2.16. The van der Waals surface area contributed by atoms with E-state index in [9.17, 15) is 4.79 Å². The highest BCUT2D eigenvalue weighted by molar-refractivity contribution is 5.77. The second kappa shape index (κ2) is 8.36. The molecule has 0 saturated carbocycles. The third-order valence-corrected chi connectivity index (χ3v) is 3.15. The summed E-state index contributed by atoms with van der Waals surface area (Å²) in [5.74, 6) is 0.742. The number of aryl methyl sites for hydroxylation is 1. The second-order valence-electron chi connectivity index (χ2n) is 5.32. The van der Waals surface area contributed by atoms with Gasteiger partial charge in [0.05, 0.1) is 0 Å². The van der Waals surface area contributed by atoms with Crippen LogP contribution >= 0.6 is 0 Å². The smallest absolute Gasteiger partial charge is 0.150 e. The van der Waals surface area contributed by atoms with Crippen molar-refractivity contribution >= 4 is 6.29 Å². The quantitative estimate of drug-likeness (QED) is 0.522. The summed E-state index contributed by atoms with van der Waals surface area (Å²) in [5.41, 5.74) is 4.34. The van der Waals surface area contributed by atoms with Crippen LogP contribution in [0.4, 0.5) is 0 Å². The lowest BCUT2D eigenvalue weighted by atomic mass is 10.1. The Morgan fingerprint density at radius 1 is 1.20 bits per heavy atom. The van der Waals surface area contributed by atoms with E-state index in [1.807, 2.05) is 19.1 Å². The molecule has 0 unspecified atom stereocenters. The molecular weight excluding hydrogens is 248 g/mol. The lowest BCUT2D eigenvalue weighted by Crippen LogP contribution is -1.96. The van der Waals surface area contributed by atoms with Crippen molar-refractivity contribution < 1.29 is 9.53 Å². The first-order valence-corrected chi connectivity index (χ1v) is 7.00. The molecule has 108 valence electrons. The summed E-state index contributed by atoms with van der Waals surface area (Å²) in [6.45, 7) is 8.81. The van der Waals surface area contributed by atoms with E-state index in [0.29, 0.717) is 12.2 Å². The van der Waals surface area contributed by atoms with E-state index in [1.54, 1.807) is 6.07 Å². The van der Waals surface area contributed by atoms with E-state index in [1.165, 1.54) is 11.1 Å². The summed E-state index contributed by atoms with van der Waals surface area (Å²) in [4.78, 5) is 10.9. The fraction of sp³-hybridized carbons (Fsp3) is 0.389. The zero-order valence-electron chi connectivity index (χ0n) is 12.9. The lowest BCUT2D eigenvalue weighted by Gasteiger charge is -2.06. The molecule has 1 aromatic carbocycles. The number of aldehydes is 1. The molecule has 0 aliphatic heterocycles. The number of rotatable bonds is 7. The van der Waals surface area contributed by atoms with E-state index in [2.05, 4.69) is 32.9 Å². The van der Waals surface area contributed by atoms with Gasteiger partial charge in [0.1, 0.15) is 18.6 Å². The first kappa shape index (κ1) is 16.2. The average Bonchev–Trinajstić information content (AvgIpc) is 2.40. The third-order valence-electron chi connectivity index (χ3n) is 3.15. The number of hydrogen-bond acceptors (Lipinski definition) is 2. The lowest BCUT2D eigenvalue weighted by molar-refractivity contribution is 0.112. The Balaban J connectivity index is 2.47. The first-order chi connectivity index (χ1) is 9.52. The molecule has 20 heavy (non-hydrogen) atoms. The van der Waals surface area contributed by atoms with Crippen LogP contribution in [0, 0.1) is 6.92 Å². The van der Waals surface area contributed by atoms with Gasteiger partial charge in [0.25, 0.3) is 0 Å². The molecule has 0 aromatic heterocycles. The molecular formula is C18H24O2. The molecule has 1 aromatic rings. The fourth-order valence-corrected chi connectivity index (χ4v) is 1.81. The van der Waals surface area contributed by atoms with Gasteiger partial charge in [-0.3, -0.25) is 4.79 Å². The van der Waals surface area contributed by atoms with Gasteiger partial charge in [-0.1, -0.05) is 23.3 Å². The van der Waals surface area contributed by atoms with Crippen molar-refractivity contribution in [2.24, 2.45) is 0 Å². The molecule has 0 aliphatic rings. The maximum absolute atomic E-state index is 10.9. The number of benzene rings is 1. The van der Waals surface area contributed by atoms with E-state index in [-0.39, 0.29) is 0 Å². The average molecular weight is 272 g/mol. The van der Waals surface area contributed by atoms with Crippen LogP contribution in [-0.2, 0) is 0 Å². The SMILES string of the molecule is CC(C)=CCCC(C)=CCOc1ccc(C)c(C=O)c1. The van der Waals surface area contributed by atoms with E-state index < -0.39 is 0 Å². The summed E-state index contributed by atoms with van der Waals surface area (Å²) in [6, 6.07) is 5.59. The molecule has 2 heteroatoms. The Kier molecular flexibility index (Phi) is 6.78. The molecule has 0 N–H and O–H groups in total. The first-order valence-electron chi connectivity index (χ1n) is 7.00. The van der Waals surface area contributed by atoms with Crippen LogP contribution in [0.2, 0.25) is 0 Å². The van der Waals surface area contributed by atoms with Gasteiger partial charge in [0, 0.05) is 5.56 Å². The number of allylic oxidation sites excluding steroid dienone is 3. The maximum atomic E-state index is 10.9. The van der Waals surface area contributed by atoms with Gasteiger partial charge in [-0.15, -0.1) is 0 Å². The van der Waals surface area contributed by atoms with Gasteiger partial charge in [0.15, 0.2) is 0 Å². The Labute approximate surface area is 122 Å². The highest BCUT2D eigenvalue weighted by Gasteiger charge is 1.99. The number of ether oxygens (including phenoxy) is 1. The van der Waals surface area contributed by atoms with Crippen LogP contribution < -0.4 is 4.74 Å². The molecule has 0 aliphatic carbocycles. The predicted octanol–water partition coefficient (Wildman–Crippen LogP) is 4.88. The van der Waals surface area contributed by atoms with Crippen LogP contribution in [-0.4, -0.2) is 12.9 Å². The van der Waals surface area contributed by atoms with Gasteiger partial charge < -0.3 is 4.74 Å². The van der Waals surface area contributed by atoms with Crippen molar-refractivity contribution in [2.45, 2.75) is 40.5 Å². The summed E-state index contributed by atoms with van der Waals surface area (Å²) < 4.78 is 5.65. The molecule has 0 saturated heterocycles. The molecule has 0 amide bonds. The van der Waals surface area contributed by atoms with Crippen molar-refractivity contribution in [2.75, 3.05) is 6.61 Å². The minimum Gasteiger partial charge on any atom is -0.490 e. The van der Waals surface area contributed by atoms with Crippen molar-refractivity contribution in [3.8, 4) is 5.75 Å². The van der Waals surface area contributed by atoms with Crippen molar-refractivity contribution in [3.63, 3.8) is 0 Å². The highest BCUT2D eigenvalue weighted by atomic mass is 16.5. The zero-order chi connectivity index (χ0) is 15.0. The maximum Gasteiger partial charge on any atom is 0.150 e. The van der Waals surface area contributed by atoms with Crippen LogP contribution in [0.1, 0.15) is 49.5 Å². The molecule has 0 fully saturated rings. The van der Waals surface area contributed by atoms with Gasteiger partial charge in [-0.25, -0.2) is 0 Å². The standard InChI is InChI=1S/C18H24O2/c1-14(2)6-5-7-15(3)10-11-20-18-9-8-16(4)17(12-18)13-19/h6,8-10,12-13H,5,7,11H2,1-4H3. The van der Waals surface area contributed by atoms with Gasteiger partial charge in [0.2, 0.25) is 0 Å². The van der Waals surface area contributed by atoms with Gasteiger partial charge in [-0.05, 0) is 64.3 Å². The minimum atomic E-state index is 0.544. The number of carbonyl (C=O) groups is 1. The molecule has 0 bridgehead atoms.